The highest BCUT2D eigenvalue weighted by Crippen LogP contribution is 2.18. The van der Waals surface area contributed by atoms with Crippen LogP contribution in [0.25, 0.3) is 0 Å². The van der Waals surface area contributed by atoms with Crippen LogP contribution in [0.15, 0.2) is 29.4 Å². The molecule has 0 aromatic heterocycles. The number of hydrogen-bond acceptors (Lipinski definition) is 6. The quantitative estimate of drug-likeness (QED) is 0.281. The normalized spacial score (nSPS) is 11.1. The second kappa shape index (κ2) is 6.33. The Hall–Kier alpha value is -2.44. The standard InChI is InChI=1S/C11H12N2O5/c1-2-18-11(14)9(12-15)7-8-5-3-4-6-10(8)13(16)17/h3-6,15H,2,7H2,1H3/b12-9-. The number of carbonyl (C=O) groups excluding carboxylic acids is 1. The molecule has 0 atom stereocenters. The van der Waals surface area contributed by atoms with Crippen LogP contribution in [0.2, 0.25) is 0 Å². The van der Waals surface area contributed by atoms with E-state index in [1.807, 2.05) is 0 Å². The van der Waals surface area contributed by atoms with Gasteiger partial charge in [0.15, 0.2) is 5.71 Å². The lowest BCUT2D eigenvalue weighted by molar-refractivity contribution is -0.385. The van der Waals surface area contributed by atoms with Gasteiger partial charge >= 0.3 is 5.97 Å². The van der Waals surface area contributed by atoms with Gasteiger partial charge in [0.25, 0.3) is 5.69 Å². The first kappa shape index (κ1) is 13.6. The maximum Gasteiger partial charge on any atom is 0.356 e. The predicted molar refractivity (Wildman–Crippen MR) is 62.7 cm³/mol. The van der Waals surface area contributed by atoms with Gasteiger partial charge in [-0.05, 0) is 6.92 Å². The van der Waals surface area contributed by atoms with Gasteiger partial charge in [0.1, 0.15) is 0 Å². The highest BCUT2D eigenvalue weighted by atomic mass is 16.6. The van der Waals surface area contributed by atoms with E-state index in [0.29, 0.717) is 0 Å². The third kappa shape index (κ3) is 3.27. The molecule has 1 N–H and O–H groups in total. The Labute approximate surface area is 103 Å². The number of benzene rings is 1. The fourth-order valence-corrected chi connectivity index (χ4v) is 1.38. The second-order valence-electron chi connectivity index (χ2n) is 3.33. The molecule has 0 radical (unpaired) electrons. The van der Waals surface area contributed by atoms with Crippen molar-refractivity contribution >= 4 is 17.4 Å². The summed E-state index contributed by atoms with van der Waals surface area (Å²) in [5.74, 6) is -0.793. The van der Waals surface area contributed by atoms with Crippen molar-refractivity contribution in [2.45, 2.75) is 13.3 Å². The molecule has 0 bridgehead atoms. The summed E-state index contributed by atoms with van der Waals surface area (Å²) in [5, 5.41) is 22.3. The molecule has 96 valence electrons. The monoisotopic (exact) mass is 252 g/mol. The summed E-state index contributed by atoms with van der Waals surface area (Å²) < 4.78 is 4.67. The zero-order valence-corrected chi connectivity index (χ0v) is 9.70. The van der Waals surface area contributed by atoms with Crippen LogP contribution in [0.5, 0.6) is 0 Å². The Kier molecular flexibility index (Phi) is 4.79. The predicted octanol–water partition coefficient (Wildman–Crippen LogP) is 1.53. The minimum Gasteiger partial charge on any atom is -0.461 e. The topological polar surface area (TPSA) is 102 Å². The molecular weight excluding hydrogens is 240 g/mol. The van der Waals surface area contributed by atoms with E-state index in [0.717, 1.165) is 0 Å². The van der Waals surface area contributed by atoms with Gasteiger partial charge in [0.05, 0.1) is 11.5 Å². The van der Waals surface area contributed by atoms with Crippen molar-refractivity contribution < 1.29 is 19.7 Å². The average molecular weight is 252 g/mol. The summed E-state index contributed by atoms with van der Waals surface area (Å²) >= 11 is 0. The number of oxime groups is 1. The number of nitro groups is 1. The lowest BCUT2D eigenvalue weighted by Gasteiger charge is -2.04. The summed E-state index contributed by atoms with van der Waals surface area (Å²) in [6, 6.07) is 5.92. The molecule has 1 rings (SSSR count). The lowest BCUT2D eigenvalue weighted by atomic mass is 10.1. The molecule has 7 nitrogen and oxygen atoms in total. The number of esters is 1. The first-order valence-corrected chi connectivity index (χ1v) is 5.20. The van der Waals surface area contributed by atoms with Gasteiger partial charge in [0, 0.05) is 18.1 Å². The summed E-state index contributed by atoms with van der Waals surface area (Å²) in [6.07, 6.45) is -0.160. The van der Waals surface area contributed by atoms with Gasteiger partial charge in [-0.1, -0.05) is 23.4 Å². The van der Waals surface area contributed by atoms with Gasteiger partial charge in [0.2, 0.25) is 0 Å². The molecule has 0 unspecified atom stereocenters. The molecule has 0 spiro atoms. The molecule has 1 aromatic rings. The van der Waals surface area contributed by atoms with Gasteiger partial charge in [-0.25, -0.2) is 4.79 Å². The van der Waals surface area contributed by atoms with Gasteiger partial charge < -0.3 is 9.94 Å². The smallest absolute Gasteiger partial charge is 0.356 e. The highest BCUT2D eigenvalue weighted by molar-refractivity contribution is 6.36. The number of ether oxygens (including phenoxy) is 1. The van der Waals surface area contributed by atoms with Gasteiger partial charge in [-0.2, -0.15) is 0 Å². The largest absolute Gasteiger partial charge is 0.461 e. The number of para-hydroxylation sites is 1. The van der Waals surface area contributed by atoms with E-state index in [-0.39, 0.29) is 30.0 Å². The molecule has 0 aliphatic heterocycles. The summed E-state index contributed by atoms with van der Waals surface area (Å²) in [6.45, 7) is 1.74. The van der Waals surface area contributed by atoms with Crippen LogP contribution in [0.4, 0.5) is 5.69 Å². The minimum absolute atomic E-state index is 0.134. The number of nitrogens with zero attached hydrogens (tertiary/aromatic N) is 2. The summed E-state index contributed by atoms with van der Waals surface area (Å²) in [5.41, 5.74) is -0.127. The van der Waals surface area contributed by atoms with E-state index >= 15 is 0 Å². The summed E-state index contributed by atoms with van der Waals surface area (Å²) in [7, 11) is 0. The van der Waals surface area contributed by atoms with Crippen LogP contribution in [-0.2, 0) is 16.0 Å². The van der Waals surface area contributed by atoms with E-state index in [1.54, 1.807) is 13.0 Å². The zero-order chi connectivity index (χ0) is 13.5. The Morgan fingerprint density at radius 1 is 1.50 bits per heavy atom. The number of hydrogen-bond donors (Lipinski definition) is 1. The van der Waals surface area contributed by atoms with Crippen molar-refractivity contribution in [3.8, 4) is 0 Å². The second-order valence-corrected chi connectivity index (χ2v) is 3.33. The molecule has 0 saturated carbocycles. The molecule has 0 aliphatic carbocycles. The SMILES string of the molecule is CCOC(=O)/C(Cc1ccccc1[N+](=O)[O-])=N\O. The molecule has 0 amide bonds. The van der Waals surface area contributed by atoms with Crippen molar-refractivity contribution in [1.82, 2.24) is 0 Å². The van der Waals surface area contributed by atoms with Crippen LogP contribution in [0.3, 0.4) is 0 Å². The molecule has 0 fully saturated rings. The van der Waals surface area contributed by atoms with E-state index in [1.165, 1.54) is 18.2 Å². The number of carbonyl (C=O) groups is 1. The van der Waals surface area contributed by atoms with Crippen LogP contribution in [-0.4, -0.2) is 28.4 Å². The Balaban J connectivity index is 2.96. The first-order valence-electron chi connectivity index (χ1n) is 5.20. The fourth-order valence-electron chi connectivity index (χ4n) is 1.38. The first-order chi connectivity index (χ1) is 8.60. The van der Waals surface area contributed by atoms with Gasteiger partial charge in [-0.3, -0.25) is 10.1 Å². The minimum atomic E-state index is -0.793. The molecule has 7 heteroatoms. The van der Waals surface area contributed by atoms with E-state index < -0.39 is 10.9 Å². The third-order valence-electron chi connectivity index (χ3n) is 2.18. The molecule has 18 heavy (non-hydrogen) atoms. The Morgan fingerprint density at radius 3 is 2.72 bits per heavy atom. The van der Waals surface area contributed by atoms with Crippen molar-refractivity contribution in [3.63, 3.8) is 0 Å². The third-order valence-corrected chi connectivity index (χ3v) is 2.18. The molecule has 0 heterocycles. The fraction of sp³-hybridized carbons (Fsp3) is 0.273. The maximum absolute atomic E-state index is 11.4. The van der Waals surface area contributed by atoms with Crippen LogP contribution >= 0.6 is 0 Å². The lowest BCUT2D eigenvalue weighted by Crippen LogP contribution is -2.20. The van der Waals surface area contributed by atoms with Gasteiger partial charge in [-0.15, -0.1) is 0 Å². The molecule has 0 aliphatic rings. The van der Waals surface area contributed by atoms with Crippen molar-refractivity contribution in [1.29, 1.82) is 0 Å². The highest BCUT2D eigenvalue weighted by Gasteiger charge is 2.20. The number of rotatable bonds is 5. The Morgan fingerprint density at radius 2 is 2.17 bits per heavy atom. The van der Waals surface area contributed by atoms with E-state index in [2.05, 4.69) is 9.89 Å². The van der Waals surface area contributed by atoms with Crippen LogP contribution in [0, 0.1) is 10.1 Å². The summed E-state index contributed by atoms with van der Waals surface area (Å²) in [4.78, 5) is 21.6. The number of nitro benzene ring substituents is 1. The van der Waals surface area contributed by atoms with Crippen molar-refractivity contribution in [2.75, 3.05) is 6.61 Å². The van der Waals surface area contributed by atoms with E-state index in [9.17, 15) is 14.9 Å². The average Bonchev–Trinajstić information content (AvgIpc) is 2.36. The van der Waals surface area contributed by atoms with E-state index in [4.69, 9.17) is 5.21 Å². The van der Waals surface area contributed by atoms with Crippen LogP contribution in [0.1, 0.15) is 12.5 Å². The zero-order valence-electron chi connectivity index (χ0n) is 9.70. The molecular formula is C11H12N2O5. The Bertz CT molecular complexity index is 484. The van der Waals surface area contributed by atoms with Crippen LogP contribution < -0.4 is 0 Å². The van der Waals surface area contributed by atoms with Crippen molar-refractivity contribution in [2.24, 2.45) is 5.16 Å². The van der Waals surface area contributed by atoms with Crippen molar-refractivity contribution in [3.05, 3.63) is 39.9 Å². The molecule has 0 saturated heterocycles. The molecule has 1 aromatic carbocycles. The maximum atomic E-state index is 11.4.